The summed E-state index contributed by atoms with van der Waals surface area (Å²) in [5.74, 6) is -1.32. The Hall–Kier alpha value is -10.9. The van der Waals surface area contributed by atoms with Gasteiger partial charge in [-0.15, -0.1) is 0 Å². The minimum Gasteiger partial charge on any atom is -0.390 e. The van der Waals surface area contributed by atoms with Crippen LogP contribution < -0.4 is 31.9 Å². The van der Waals surface area contributed by atoms with Crippen molar-refractivity contribution < 1.29 is 92.3 Å². The molecule has 5 saturated carbocycles. The summed E-state index contributed by atoms with van der Waals surface area (Å²) in [6.45, 7) is 38.4. The molecule has 6 amide bonds. The van der Waals surface area contributed by atoms with Gasteiger partial charge in [0.25, 0.3) is 0 Å². The molecule has 33 nitrogen and oxygen atoms in total. The molecule has 12 aromatic rings. The van der Waals surface area contributed by atoms with Crippen LogP contribution in [-0.2, 0) is 56.6 Å². The standard InChI is InChI=1S/C20H28FN3O3.2C19H26FN3O3.C18H24FN3O2.C17H25N3O2.C16H19BrClN3O2/c1-18(2,26)11-15(25)22-17-23-16-13(21)9-12(19(3,4)27)10-14(16)24(17)20(5)7-6-8-20;2*1-18(2,25)10-15(24)21-17-22-16-13(20)8-11(19(3,4)26)9-14(16)23(17)12-6-5-7-12;1-3-18(24,11-19)10-16(23)21-17-20-14-8-7-12(2)9-15(14)22(17)13-5-4-6-13;1-11-7-8-12-13(9-11)20(16(2,3)4)15(18-12)19-14(21)10-17(5,6)22;1-16(2,23)8-13(22)19-15-20-14-11(18)6-9(17)7-12(14)21(15)10-4-3-5-10/h9-10,26-27H,6-8,11H2,1-5H3,(H,22,23,25);2*8-9,12,25-26H,5-7,10H2,1-4H3,(H,21,22,24);7-9,13,24H,3-6,10-11H2,1-2H3,(H,20,21,23);7-9,22H,10H2,1-6H3,(H,18,19,21);6-7,10,23H,3-5,8H2,1-2H3,(H,19,20,22). The van der Waals surface area contributed by atoms with Crippen LogP contribution in [0.3, 0.4) is 0 Å². The smallest absolute Gasteiger partial charge is 0.229 e. The van der Waals surface area contributed by atoms with Crippen LogP contribution in [0, 0.1) is 31.3 Å². The highest BCUT2D eigenvalue weighted by Gasteiger charge is 2.41. The van der Waals surface area contributed by atoms with E-state index in [2.05, 4.69) is 127 Å². The first kappa shape index (κ1) is 116. The SMILES string of the molecule is CC(C)(O)CC(=O)Nc1nc2c(Cl)cc(Br)cc2n1C1CCC1.CC(C)(O)CC(=O)Nc1nc2c(F)cc(C(C)(C)O)cc2n1C1(C)CCC1.CC(C)(O)CC(=O)Nc1nc2c(F)cc(C(C)(C)O)cc2n1C1CCC1.CC(C)(O)CC(=O)Nc1nc2c(F)cc(C(C)(C)O)cc2n1C1CCC1.CCC(O)(CF)CC(=O)Nc1nc2ccc(C)cc2n1C1CCC1.Cc1ccc2nc(NC(=O)CC(C)(C)O)n(C(C)(C)C)c2c1. The van der Waals surface area contributed by atoms with Crippen LogP contribution in [0.2, 0.25) is 5.02 Å². The van der Waals surface area contributed by atoms with Gasteiger partial charge in [0, 0.05) is 39.7 Å². The highest BCUT2D eigenvalue weighted by atomic mass is 79.9. The summed E-state index contributed by atoms with van der Waals surface area (Å²) in [5.41, 5.74) is -0.132. The molecule has 6 aromatic carbocycles. The third-order valence-corrected chi connectivity index (χ3v) is 27.7. The third kappa shape index (κ3) is 29.1. The fraction of sp³-hybridized carbons (Fsp3) is 0.560. The Balaban J connectivity index is 0.000000158. The van der Waals surface area contributed by atoms with E-state index in [1.165, 1.54) is 31.0 Å². The number of benzene rings is 6. The van der Waals surface area contributed by atoms with Crippen LogP contribution in [0.25, 0.3) is 66.2 Å². The number of fused-ring (bicyclic) bond motifs is 6. The van der Waals surface area contributed by atoms with E-state index in [1.54, 1.807) is 142 Å². The number of imidazole rings is 6. The van der Waals surface area contributed by atoms with Gasteiger partial charge in [-0.25, -0.2) is 47.5 Å². The van der Waals surface area contributed by atoms with Crippen LogP contribution >= 0.6 is 27.5 Å². The molecule has 1 atom stereocenters. The summed E-state index contributed by atoms with van der Waals surface area (Å²) < 4.78 is 69.6. The molecule has 0 bridgehead atoms. The van der Waals surface area contributed by atoms with Gasteiger partial charge in [0.05, 0.1) is 132 Å². The molecule has 1 unspecified atom stereocenters. The maximum atomic E-state index is 14.7. The number of carbonyl (C=O) groups excluding carboxylic acids is 6. The van der Waals surface area contributed by atoms with Crippen molar-refractivity contribution >= 4 is 165 Å². The average molecular weight is 2140 g/mol. The lowest BCUT2D eigenvalue weighted by Gasteiger charge is -2.41. The van der Waals surface area contributed by atoms with E-state index in [1.807, 2.05) is 62.4 Å². The van der Waals surface area contributed by atoms with Crippen molar-refractivity contribution in [2.24, 2.45) is 0 Å². The number of rotatable bonds is 28. The first-order chi connectivity index (χ1) is 68.4. The maximum absolute atomic E-state index is 14.7. The Kier molecular flexibility index (Phi) is 34.9. The van der Waals surface area contributed by atoms with Crippen LogP contribution in [0.1, 0.15) is 339 Å². The first-order valence-corrected chi connectivity index (χ1v) is 51.9. The minimum absolute atomic E-state index is 0.0122. The molecule has 0 aliphatic heterocycles. The number of hydrogen-bond donors (Lipinski definition) is 15. The number of nitrogens with one attached hydrogen (secondary N) is 6. The largest absolute Gasteiger partial charge is 0.390 e. The van der Waals surface area contributed by atoms with Crippen molar-refractivity contribution in [3.63, 3.8) is 0 Å². The van der Waals surface area contributed by atoms with E-state index in [0.717, 1.165) is 127 Å². The van der Waals surface area contributed by atoms with Gasteiger partial charge in [-0.3, -0.25) is 60.7 Å². The van der Waals surface area contributed by atoms with Gasteiger partial charge in [0.1, 0.15) is 34.3 Å². The number of nitrogens with zero attached hydrogens (tertiary/aromatic N) is 12. The molecule has 5 fully saturated rings. The zero-order valence-corrected chi connectivity index (χ0v) is 91.6. The van der Waals surface area contributed by atoms with E-state index in [0.29, 0.717) is 73.7 Å². The van der Waals surface area contributed by atoms with Crippen LogP contribution in [0.5, 0.6) is 0 Å². The summed E-state index contributed by atoms with van der Waals surface area (Å²) in [4.78, 5) is 99.9. The maximum Gasteiger partial charge on any atom is 0.229 e. The minimum atomic E-state index is -1.60. The Morgan fingerprint density at radius 2 is 0.669 bits per heavy atom. The quantitative estimate of drug-likeness (QED) is 0.0203. The molecule has 5 aliphatic carbocycles. The zero-order valence-electron chi connectivity index (χ0n) is 89.3. The highest BCUT2D eigenvalue weighted by Crippen LogP contribution is 2.48. The number of aryl methyl sites for hydroxylation is 2. The predicted octanol–water partition coefficient (Wildman–Crippen LogP) is 20.8. The summed E-state index contributed by atoms with van der Waals surface area (Å²) in [7, 11) is 0. The van der Waals surface area contributed by atoms with E-state index in [-0.39, 0.29) is 132 Å². The Bertz CT molecular complexity index is 6750. The average Bonchev–Trinajstić information content (AvgIpc) is 1.54. The fourth-order valence-electron chi connectivity index (χ4n) is 18.3. The van der Waals surface area contributed by atoms with Crippen molar-refractivity contribution in [3.05, 3.63) is 140 Å². The highest BCUT2D eigenvalue weighted by molar-refractivity contribution is 9.10. The second-order valence-corrected chi connectivity index (χ2v) is 48.0. The molecule has 39 heteroatoms. The first-order valence-electron chi connectivity index (χ1n) is 50.8. The van der Waals surface area contributed by atoms with Gasteiger partial charge in [-0.05, 0) is 356 Å². The number of amides is 6. The topological polar surface area (TPSA) is 464 Å². The molecular formula is C109H148BrClF4N18O15. The number of anilines is 6. The Labute approximate surface area is 873 Å². The number of carbonyl (C=O) groups is 6. The molecule has 6 aromatic heterocycles. The summed E-state index contributed by atoms with van der Waals surface area (Å²) >= 11 is 9.76. The van der Waals surface area contributed by atoms with Crippen molar-refractivity contribution in [2.45, 2.75) is 386 Å². The van der Waals surface area contributed by atoms with Crippen molar-refractivity contribution in [2.75, 3.05) is 38.6 Å². The van der Waals surface area contributed by atoms with Crippen LogP contribution in [-0.4, -0.2) is 179 Å². The van der Waals surface area contributed by atoms with Gasteiger partial charge in [-0.2, -0.15) is 0 Å². The fourth-order valence-corrected chi connectivity index (χ4v) is 19.1. The molecule has 806 valence electrons. The monoisotopic (exact) mass is 2140 g/mol. The van der Waals surface area contributed by atoms with Gasteiger partial charge in [0.15, 0.2) is 17.5 Å². The molecule has 5 aliphatic rings. The van der Waals surface area contributed by atoms with E-state index in [4.69, 9.17) is 11.6 Å². The number of aromatic nitrogens is 12. The number of hydrogen-bond acceptors (Lipinski definition) is 21. The summed E-state index contributed by atoms with van der Waals surface area (Å²) in [5, 5.41) is 107. The normalized spacial score (nSPS) is 15.9. The molecule has 148 heavy (non-hydrogen) atoms. The lowest BCUT2D eigenvalue weighted by molar-refractivity contribution is -0.122. The van der Waals surface area contributed by atoms with Gasteiger partial charge in [0.2, 0.25) is 71.1 Å². The van der Waals surface area contributed by atoms with Gasteiger partial charge in [-0.1, -0.05) is 46.6 Å². The van der Waals surface area contributed by atoms with Crippen LogP contribution in [0.15, 0.2) is 89.4 Å². The second-order valence-electron chi connectivity index (χ2n) is 46.6. The molecule has 17 rings (SSSR count). The molecule has 0 radical (unpaired) electrons. The van der Waals surface area contributed by atoms with Crippen LogP contribution in [0.4, 0.5) is 53.3 Å². The van der Waals surface area contributed by atoms with Gasteiger partial charge >= 0.3 is 0 Å². The lowest BCUT2D eigenvalue weighted by Crippen LogP contribution is -2.39. The molecular weight excluding hydrogens is 1990 g/mol. The second kappa shape index (κ2) is 44.6. The van der Waals surface area contributed by atoms with E-state index in [9.17, 15) is 92.3 Å². The van der Waals surface area contributed by atoms with E-state index >= 15 is 0 Å². The van der Waals surface area contributed by atoms with Gasteiger partial charge < -0.3 is 73.4 Å². The summed E-state index contributed by atoms with van der Waals surface area (Å²) in [6.07, 6.45) is 14.9. The molecule has 6 heterocycles. The molecule has 0 spiro atoms. The lowest BCUT2D eigenvalue weighted by atomic mass is 9.78. The van der Waals surface area contributed by atoms with E-state index < -0.39 is 80.4 Å². The van der Waals surface area contributed by atoms with Crippen molar-refractivity contribution in [3.8, 4) is 0 Å². The molecule has 0 saturated heterocycles. The molecule has 15 N–H and O–H groups in total. The zero-order chi connectivity index (χ0) is 110. The number of halogens is 6. The Morgan fingerprint density at radius 1 is 0.378 bits per heavy atom. The Morgan fingerprint density at radius 3 is 0.986 bits per heavy atom. The summed E-state index contributed by atoms with van der Waals surface area (Å²) in [6, 6.07) is 25.8. The third-order valence-electron chi connectivity index (χ3n) is 27.0. The number of alkyl halides is 1. The predicted molar refractivity (Wildman–Crippen MR) is 572 cm³/mol. The van der Waals surface area contributed by atoms with Crippen molar-refractivity contribution in [1.82, 2.24) is 57.3 Å². The van der Waals surface area contributed by atoms with Crippen molar-refractivity contribution in [1.29, 1.82) is 0 Å². The number of aliphatic hydroxyl groups is 9.